The molecule has 3 nitrogen and oxygen atoms in total. The van der Waals surface area contributed by atoms with Crippen LogP contribution in [0.1, 0.15) is 41.0 Å². The number of aliphatic hydroxyl groups excluding tert-OH is 1. The summed E-state index contributed by atoms with van der Waals surface area (Å²) >= 11 is 0. The summed E-state index contributed by atoms with van der Waals surface area (Å²) in [5.74, 6) is -0.179. The smallest absolute Gasteiger partial charge is 0.248 e. The minimum absolute atomic E-state index is 0.179. The van der Waals surface area contributed by atoms with Crippen molar-refractivity contribution < 1.29 is 9.90 Å². The number of aliphatic hydroxyl groups is 1. The summed E-state index contributed by atoms with van der Waals surface area (Å²) in [6, 6.07) is 0.189. The van der Waals surface area contributed by atoms with Gasteiger partial charge in [0.25, 0.3) is 0 Å². The van der Waals surface area contributed by atoms with Crippen molar-refractivity contribution in [1.29, 1.82) is 0 Å². The molecule has 0 aromatic carbocycles. The lowest BCUT2D eigenvalue weighted by Crippen LogP contribution is -2.39. The lowest BCUT2D eigenvalue weighted by Gasteiger charge is -2.25. The van der Waals surface area contributed by atoms with Crippen molar-refractivity contribution in [1.82, 2.24) is 4.90 Å². The minimum Gasteiger partial charge on any atom is -0.387 e. The van der Waals surface area contributed by atoms with E-state index in [4.69, 9.17) is 5.11 Å². The molecule has 0 spiro atoms. The van der Waals surface area contributed by atoms with Crippen molar-refractivity contribution in [3.8, 4) is 0 Å². The molecule has 13 heavy (non-hydrogen) atoms. The largest absolute Gasteiger partial charge is 0.387 e. The van der Waals surface area contributed by atoms with Gasteiger partial charge in [0.2, 0.25) is 5.91 Å². The number of amides is 1. The molecule has 3 heteroatoms. The maximum absolute atomic E-state index is 11.0. The number of carbonyl (C=O) groups excluding carboxylic acids is 1. The highest BCUT2D eigenvalue weighted by atomic mass is 16.3. The van der Waals surface area contributed by atoms with Gasteiger partial charge in [-0.2, -0.15) is 0 Å². The van der Waals surface area contributed by atoms with Gasteiger partial charge in [-0.3, -0.25) is 4.79 Å². The highest BCUT2D eigenvalue weighted by Crippen LogP contribution is 1.99. The van der Waals surface area contributed by atoms with Crippen LogP contribution < -0.4 is 0 Å². The van der Waals surface area contributed by atoms with Crippen LogP contribution in [0.25, 0.3) is 0 Å². The summed E-state index contributed by atoms with van der Waals surface area (Å²) in [5, 5.41) is 8.59. The van der Waals surface area contributed by atoms with Crippen molar-refractivity contribution in [3.05, 3.63) is 0 Å². The third-order valence-electron chi connectivity index (χ3n) is 1.54. The van der Waals surface area contributed by atoms with Crippen LogP contribution in [-0.2, 0) is 4.79 Å². The highest BCUT2D eigenvalue weighted by Gasteiger charge is 2.13. The third-order valence-corrected chi connectivity index (χ3v) is 1.54. The van der Waals surface area contributed by atoms with E-state index < -0.39 is 0 Å². The van der Waals surface area contributed by atoms with E-state index in [0.717, 1.165) is 13.0 Å². The second-order valence-electron chi connectivity index (χ2n) is 2.84. The third kappa shape index (κ3) is 6.58. The van der Waals surface area contributed by atoms with Crippen LogP contribution in [0.3, 0.4) is 0 Å². The van der Waals surface area contributed by atoms with E-state index in [-0.39, 0.29) is 18.6 Å². The lowest BCUT2D eigenvalue weighted by atomic mass is 10.3. The number of hydrogen-bond donors (Lipinski definition) is 1. The van der Waals surface area contributed by atoms with Crippen LogP contribution in [-0.4, -0.2) is 35.1 Å². The first-order valence-corrected chi connectivity index (χ1v) is 5.03. The molecule has 0 aromatic heterocycles. The molecule has 0 atom stereocenters. The van der Waals surface area contributed by atoms with Crippen LogP contribution >= 0.6 is 0 Å². The summed E-state index contributed by atoms with van der Waals surface area (Å²) in [6.07, 6.45) is 0.934. The molecule has 0 unspecified atom stereocenters. The van der Waals surface area contributed by atoms with Gasteiger partial charge in [0.05, 0.1) is 0 Å². The minimum atomic E-state index is -0.377. The molecule has 0 saturated heterocycles. The Morgan fingerprint density at radius 2 is 1.85 bits per heavy atom. The fourth-order valence-corrected chi connectivity index (χ4v) is 1.00. The van der Waals surface area contributed by atoms with Gasteiger partial charge < -0.3 is 10.0 Å². The molecule has 80 valence electrons. The molecule has 0 rings (SSSR count). The molecule has 0 bridgehead atoms. The SMILES string of the molecule is CC.CCCN(C(=O)CO)C(C)C. The molecule has 0 radical (unpaired) electrons. The number of hydrogen-bond acceptors (Lipinski definition) is 2. The first-order valence-electron chi connectivity index (χ1n) is 5.03. The Morgan fingerprint density at radius 3 is 2.08 bits per heavy atom. The quantitative estimate of drug-likeness (QED) is 0.730. The van der Waals surface area contributed by atoms with Gasteiger partial charge in [-0.1, -0.05) is 20.8 Å². The summed E-state index contributed by atoms with van der Waals surface area (Å²) in [7, 11) is 0. The van der Waals surface area contributed by atoms with Gasteiger partial charge in [0.1, 0.15) is 6.61 Å². The Balaban J connectivity index is 0. The first kappa shape index (κ1) is 14.9. The van der Waals surface area contributed by atoms with Gasteiger partial charge in [-0.15, -0.1) is 0 Å². The standard InChI is InChI=1S/C8H17NO2.C2H6/c1-4-5-9(7(2)3)8(11)6-10;1-2/h7,10H,4-6H2,1-3H3;1-2H3. The Labute approximate surface area is 81.7 Å². The molecule has 0 aliphatic rings. The fraction of sp³-hybridized carbons (Fsp3) is 0.900. The van der Waals surface area contributed by atoms with Gasteiger partial charge in [0.15, 0.2) is 0 Å². The van der Waals surface area contributed by atoms with E-state index in [1.54, 1.807) is 4.90 Å². The van der Waals surface area contributed by atoms with Crippen molar-refractivity contribution >= 4 is 5.91 Å². The zero-order valence-corrected chi connectivity index (χ0v) is 9.50. The van der Waals surface area contributed by atoms with Crippen LogP contribution in [0.5, 0.6) is 0 Å². The first-order chi connectivity index (χ1) is 6.13. The highest BCUT2D eigenvalue weighted by molar-refractivity contribution is 5.77. The lowest BCUT2D eigenvalue weighted by molar-refractivity contribution is -0.135. The fourth-order valence-electron chi connectivity index (χ4n) is 1.00. The zero-order chi connectivity index (χ0) is 10.9. The molecule has 0 aliphatic carbocycles. The van der Waals surface area contributed by atoms with Gasteiger partial charge in [-0.05, 0) is 20.3 Å². The van der Waals surface area contributed by atoms with Crippen molar-refractivity contribution in [3.63, 3.8) is 0 Å². The van der Waals surface area contributed by atoms with Gasteiger partial charge in [-0.25, -0.2) is 0 Å². The maximum Gasteiger partial charge on any atom is 0.248 e. The van der Waals surface area contributed by atoms with E-state index in [0.29, 0.717) is 0 Å². The number of rotatable bonds is 4. The van der Waals surface area contributed by atoms with Crippen LogP contribution in [0.4, 0.5) is 0 Å². The summed E-state index contributed by atoms with van der Waals surface area (Å²) in [5.41, 5.74) is 0. The average Bonchev–Trinajstić information content (AvgIpc) is 2.15. The topological polar surface area (TPSA) is 40.5 Å². The Morgan fingerprint density at radius 1 is 1.38 bits per heavy atom. The predicted octanol–water partition coefficient (Wildman–Crippen LogP) is 1.65. The summed E-state index contributed by atoms with van der Waals surface area (Å²) < 4.78 is 0. The average molecular weight is 189 g/mol. The molecular weight excluding hydrogens is 166 g/mol. The van der Waals surface area contributed by atoms with E-state index >= 15 is 0 Å². The normalized spacial score (nSPS) is 9.15. The second-order valence-corrected chi connectivity index (χ2v) is 2.84. The van der Waals surface area contributed by atoms with E-state index in [9.17, 15) is 4.79 Å². The van der Waals surface area contributed by atoms with E-state index in [1.807, 2.05) is 34.6 Å². The Hall–Kier alpha value is -0.570. The summed E-state index contributed by atoms with van der Waals surface area (Å²) in [6.45, 7) is 10.3. The summed E-state index contributed by atoms with van der Waals surface area (Å²) in [4.78, 5) is 12.7. The van der Waals surface area contributed by atoms with Crippen molar-refractivity contribution in [2.75, 3.05) is 13.2 Å². The molecule has 0 aromatic rings. The van der Waals surface area contributed by atoms with Crippen molar-refractivity contribution in [2.24, 2.45) is 0 Å². The molecule has 0 aliphatic heterocycles. The van der Waals surface area contributed by atoms with Crippen LogP contribution in [0, 0.1) is 0 Å². The Kier molecular flexibility index (Phi) is 10.9. The second kappa shape index (κ2) is 9.52. The molecule has 1 N–H and O–H groups in total. The molecule has 1 amide bonds. The molecule has 0 fully saturated rings. The van der Waals surface area contributed by atoms with E-state index in [1.165, 1.54) is 0 Å². The van der Waals surface area contributed by atoms with Crippen molar-refractivity contribution in [2.45, 2.75) is 47.1 Å². The molecule has 0 heterocycles. The number of nitrogens with zero attached hydrogens (tertiary/aromatic N) is 1. The molecular formula is C10H23NO2. The Bertz CT molecular complexity index is 124. The van der Waals surface area contributed by atoms with Gasteiger partial charge >= 0.3 is 0 Å². The molecule has 0 saturated carbocycles. The maximum atomic E-state index is 11.0. The number of carbonyl (C=O) groups is 1. The van der Waals surface area contributed by atoms with Crippen LogP contribution in [0.2, 0.25) is 0 Å². The van der Waals surface area contributed by atoms with Gasteiger partial charge in [0, 0.05) is 12.6 Å². The van der Waals surface area contributed by atoms with Crippen LogP contribution in [0.15, 0.2) is 0 Å². The van der Waals surface area contributed by atoms with E-state index in [2.05, 4.69) is 0 Å². The monoisotopic (exact) mass is 189 g/mol. The predicted molar refractivity (Wildman–Crippen MR) is 55.6 cm³/mol. The zero-order valence-electron chi connectivity index (χ0n) is 9.50.